The summed E-state index contributed by atoms with van der Waals surface area (Å²) in [6.07, 6.45) is 3.00. The van der Waals surface area contributed by atoms with Gasteiger partial charge in [-0.2, -0.15) is 0 Å². The minimum absolute atomic E-state index is 0.0540. The molecular formula is C18H22N4O2. The van der Waals surface area contributed by atoms with E-state index in [-0.39, 0.29) is 11.9 Å². The predicted octanol–water partition coefficient (Wildman–Crippen LogP) is 3.20. The largest absolute Gasteiger partial charge is 0.364 e. The second-order valence-corrected chi connectivity index (χ2v) is 5.85. The van der Waals surface area contributed by atoms with E-state index in [1.165, 1.54) is 6.26 Å². The van der Waals surface area contributed by atoms with Gasteiger partial charge in [0.15, 0.2) is 0 Å². The van der Waals surface area contributed by atoms with Gasteiger partial charge in [-0.05, 0) is 18.6 Å². The number of amides is 1. The van der Waals surface area contributed by atoms with Gasteiger partial charge in [0.05, 0.1) is 17.6 Å². The van der Waals surface area contributed by atoms with Crippen LogP contribution in [0.1, 0.15) is 37.8 Å². The Labute approximate surface area is 141 Å². The van der Waals surface area contributed by atoms with E-state index in [1.54, 1.807) is 18.0 Å². The van der Waals surface area contributed by atoms with Crippen molar-refractivity contribution in [1.29, 1.82) is 0 Å². The number of para-hydroxylation sites is 2. The van der Waals surface area contributed by atoms with Crippen LogP contribution in [-0.2, 0) is 17.8 Å². The smallest absolute Gasteiger partial charge is 0.245 e. The van der Waals surface area contributed by atoms with E-state index in [0.717, 1.165) is 29.0 Å². The van der Waals surface area contributed by atoms with Crippen molar-refractivity contribution in [2.75, 3.05) is 7.05 Å². The Kier molecular flexibility index (Phi) is 4.64. The highest BCUT2D eigenvalue weighted by atomic mass is 16.5. The molecule has 6 nitrogen and oxygen atoms in total. The molecule has 0 aliphatic heterocycles. The lowest BCUT2D eigenvalue weighted by Gasteiger charge is -2.25. The molecular weight excluding hydrogens is 304 g/mol. The summed E-state index contributed by atoms with van der Waals surface area (Å²) in [4.78, 5) is 19.4. The fraction of sp³-hybridized carbons (Fsp3) is 0.389. The zero-order valence-electron chi connectivity index (χ0n) is 14.3. The Morgan fingerprint density at radius 1 is 1.29 bits per heavy atom. The first-order chi connectivity index (χ1) is 11.7. The molecule has 0 aliphatic carbocycles. The first kappa shape index (κ1) is 16.2. The van der Waals surface area contributed by atoms with Crippen LogP contribution in [0.5, 0.6) is 0 Å². The number of likely N-dealkylation sites (N-methyl/N-ethyl adjacent to an activating group) is 1. The average Bonchev–Trinajstić information content (AvgIpc) is 3.23. The number of hydrogen-bond acceptors (Lipinski definition) is 4. The van der Waals surface area contributed by atoms with E-state index in [1.807, 2.05) is 31.2 Å². The van der Waals surface area contributed by atoms with Crippen LogP contribution in [0.2, 0.25) is 0 Å². The number of carbonyl (C=O) groups excluding carboxylic acids is 1. The van der Waals surface area contributed by atoms with Crippen molar-refractivity contribution in [2.45, 2.75) is 39.3 Å². The first-order valence-electron chi connectivity index (χ1n) is 8.25. The molecule has 0 N–H and O–H groups in total. The highest BCUT2D eigenvalue weighted by Gasteiger charge is 2.26. The van der Waals surface area contributed by atoms with Gasteiger partial charge in [0.1, 0.15) is 23.8 Å². The van der Waals surface area contributed by atoms with Crippen LogP contribution in [0.4, 0.5) is 0 Å². The van der Waals surface area contributed by atoms with Crippen LogP contribution in [0, 0.1) is 0 Å². The minimum atomic E-state index is -0.274. The highest BCUT2D eigenvalue weighted by Crippen LogP contribution is 2.25. The maximum absolute atomic E-state index is 13.0. The summed E-state index contributed by atoms with van der Waals surface area (Å²) in [5.41, 5.74) is 2.68. The summed E-state index contributed by atoms with van der Waals surface area (Å²) >= 11 is 0. The van der Waals surface area contributed by atoms with Gasteiger partial charge in [-0.3, -0.25) is 4.79 Å². The van der Waals surface area contributed by atoms with E-state index in [0.29, 0.717) is 13.0 Å². The van der Waals surface area contributed by atoms with Gasteiger partial charge in [0.25, 0.3) is 0 Å². The van der Waals surface area contributed by atoms with Crippen molar-refractivity contribution >= 4 is 16.9 Å². The van der Waals surface area contributed by atoms with Gasteiger partial charge in [-0.1, -0.05) is 31.1 Å². The second-order valence-electron chi connectivity index (χ2n) is 5.85. The lowest BCUT2D eigenvalue weighted by molar-refractivity contribution is -0.134. The summed E-state index contributed by atoms with van der Waals surface area (Å²) in [6, 6.07) is 9.46. The number of carbonyl (C=O) groups is 1. The van der Waals surface area contributed by atoms with Crippen molar-refractivity contribution in [3.63, 3.8) is 0 Å². The Bertz CT molecular complexity index is 823. The van der Waals surface area contributed by atoms with E-state index in [4.69, 9.17) is 4.52 Å². The number of rotatable bonds is 6. The highest BCUT2D eigenvalue weighted by molar-refractivity contribution is 5.84. The van der Waals surface area contributed by atoms with Crippen molar-refractivity contribution in [2.24, 2.45) is 0 Å². The fourth-order valence-electron chi connectivity index (χ4n) is 3.05. The molecule has 3 aromatic rings. The standard InChI is InChI=1S/C18H22N4O2/c1-4-15(18(23)21(3)12-13-10-11-24-20-13)22-16-9-7-6-8-14(16)19-17(22)5-2/h6-11,15H,4-5,12H2,1-3H3/t15-/m0/s1. The van der Waals surface area contributed by atoms with Crippen molar-refractivity contribution < 1.29 is 9.32 Å². The molecule has 1 amide bonds. The van der Waals surface area contributed by atoms with Crippen molar-refractivity contribution in [3.8, 4) is 0 Å². The zero-order valence-corrected chi connectivity index (χ0v) is 14.3. The number of aromatic nitrogens is 3. The Morgan fingerprint density at radius 2 is 2.08 bits per heavy atom. The average molecular weight is 326 g/mol. The summed E-state index contributed by atoms with van der Waals surface area (Å²) < 4.78 is 6.93. The summed E-state index contributed by atoms with van der Waals surface area (Å²) in [7, 11) is 1.80. The van der Waals surface area contributed by atoms with Crippen LogP contribution in [0.15, 0.2) is 41.1 Å². The monoisotopic (exact) mass is 326 g/mol. The molecule has 2 heterocycles. The Hall–Kier alpha value is -2.63. The Morgan fingerprint density at radius 3 is 2.75 bits per heavy atom. The lowest BCUT2D eigenvalue weighted by Crippen LogP contribution is -2.34. The summed E-state index contributed by atoms with van der Waals surface area (Å²) in [5.74, 6) is 0.990. The molecule has 126 valence electrons. The van der Waals surface area contributed by atoms with Gasteiger partial charge in [-0.15, -0.1) is 0 Å². The molecule has 0 fully saturated rings. The number of aryl methyl sites for hydroxylation is 1. The SMILES string of the molecule is CCc1nc2ccccc2n1[C@@H](CC)C(=O)N(C)Cc1ccon1. The van der Waals surface area contributed by atoms with Gasteiger partial charge in [-0.25, -0.2) is 4.98 Å². The van der Waals surface area contributed by atoms with E-state index in [9.17, 15) is 4.79 Å². The van der Waals surface area contributed by atoms with E-state index >= 15 is 0 Å². The van der Waals surface area contributed by atoms with Crippen LogP contribution in [0.3, 0.4) is 0 Å². The second kappa shape index (κ2) is 6.86. The van der Waals surface area contributed by atoms with E-state index < -0.39 is 0 Å². The van der Waals surface area contributed by atoms with E-state index in [2.05, 4.69) is 21.6 Å². The molecule has 0 bridgehead atoms. The number of fused-ring (bicyclic) bond motifs is 1. The third-order valence-electron chi connectivity index (χ3n) is 4.24. The zero-order chi connectivity index (χ0) is 17.1. The molecule has 6 heteroatoms. The molecule has 0 saturated carbocycles. The van der Waals surface area contributed by atoms with Gasteiger partial charge in [0, 0.05) is 19.5 Å². The van der Waals surface area contributed by atoms with Gasteiger partial charge >= 0.3 is 0 Å². The summed E-state index contributed by atoms with van der Waals surface area (Å²) in [6.45, 7) is 4.52. The molecule has 24 heavy (non-hydrogen) atoms. The molecule has 0 spiro atoms. The van der Waals surface area contributed by atoms with Crippen LogP contribution < -0.4 is 0 Å². The predicted molar refractivity (Wildman–Crippen MR) is 91.4 cm³/mol. The molecule has 0 saturated heterocycles. The van der Waals surface area contributed by atoms with Crippen LogP contribution in [-0.4, -0.2) is 32.6 Å². The third kappa shape index (κ3) is 2.91. The molecule has 0 unspecified atom stereocenters. The maximum Gasteiger partial charge on any atom is 0.245 e. The number of hydrogen-bond donors (Lipinski definition) is 0. The first-order valence-corrected chi connectivity index (χ1v) is 8.25. The maximum atomic E-state index is 13.0. The third-order valence-corrected chi connectivity index (χ3v) is 4.24. The fourth-order valence-corrected chi connectivity index (χ4v) is 3.05. The topological polar surface area (TPSA) is 64.2 Å². The minimum Gasteiger partial charge on any atom is -0.364 e. The van der Waals surface area contributed by atoms with Gasteiger partial charge < -0.3 is 14.0 Å². The normalized spacial score (nSPS) is 12.5. The number of nitrogens with zero attached hydrogens (tertiary/aromatic N) is 4. The molecule has 0 aliphatic rings. The van der Waals surface area contributed by atoms with Crippen LogP contribution in [0.25, 0.3) is 11.0 Å². The lowest BCUT2D eigenvalue weighted by atomic mass is 10.1. The molecule has 0 radical (unpaired) electrons. The molecule has 1 atom stereocenters. The molecule has 1 aromatic carbocycles. The molecule has 3 rings (SSSR count). The number of benzene rings is 1. The summed E-state index contributed by atoms with van der Waals surface area (Å²) in [5, 5.41) is 3.88. The van der Waals surface area contributed by atoms with Crippen molar-refractivity contribution in [3.05, 3.63) is 48.1 Å². The Balaban J connectivity index is 1.94. The molecule has 2 aromatic heterocycles. The van der Waals surface area contributed by atoms with Crippen LogP contribution >= 0.6 is 0 Å². The number of imidazole rings is 1. The quantitative estimate of drug-likeness (QED) is 0.698. The van der Waals surface area contributed by atoms with Crippen molar-refractivity contribution in [1.82, 2.24) is 19.6 Å². The van der Waals surface area contributed by atoms with Gasteiger partial charge in [0.2, 0.25) is 5.91 Å².